The number of para-hydroxylation sites is 1. The van der Waals surface area contributed by atoms with E-state index in [0.717, 1.165) is 16.9 Å². The molecule has 70 valence electrons. The van der Waals surface area contributed by atoms with Gasteiger partial charge in [0.05, 0.1) is 0 Å². The number of nitrogens with two attached hydrogens (primary N) is 1. The molecule has 0 radical (unpaired) electrons. The topological polar surface area (TPSA) is 59.1 Å². The zero-order valence-electron chi connectivity index (χ0n) is 7.92. The second-order valence-corrected chi connectivity index (χ2v) is 3.03. The van der Waals surface area contributed by atoms with Crippen LogP contribution in [0.25, 0.3) is 0 Å². The van der Waals surface area contributed by atoms with Crippen molar-refractivity contribution in [1.29, 1.82) is 5.41 Å². The molecule has 0 amide bonds. The number of amidine groups is 1. The standard InChI is InChI=1S/C10H14N2O/c1-7-4-3-5-8(2)10(7)13-6-9(11)12/h3-5H,6H2,1-2H3,(H3,11,12). The third-order valence-electron chi connectivity index (χ3n) is 1.78. The lowest BCUT2D eigenvalue weighted by atomic mass is 10.1. The molecule has 0 unspecified atom stereocenters. The highest BCUT2D eigenvalue weighted by atomic mass is 16.5. The van der Waals surface area contributed by atoms with Crippen molar-refractivity contribution in [2.24, 2.45) is 5.73 Å². The van der Waals surface area contributed by atoms with Crippen LogP contribution in [-0.2, 0) is 0 Å². The molecule has 0 aliphatic rings. The maximum Gasteiger partial charge on any atom is 0.145 e. The number of nitrogens with one attached hydrogen (secondary N) is 1. The van der Waals surface area contributed by atoms with Gasteiger partial charge in [-0.2, -0.15) is 0 Å². The highest BCUT2D eigenvalue weighted by molar-refractivity contribution is 5.78. The molecule has 13 heavy (non-hydrogen) atoms. The summed E-state index contributed by atoms with van der Waals surface area (Å²) in [5, 5.41) is 7.04. The van der Waals surface area contributed by atoms with E-state index in [1.165, 1.54) is 0 Å². The summed E-state index contributed by atoms with van der Waals surface area (Å²) >= 11 is 0. The molecule has 0 fully saturated rings. The zero-order valence-corrected chi connectivity index (χ0v) is 7.92. The Morgan fingerprint density at radius 2 is 1.92 bits per heavy atom. The number of hydrogen-bond donors (Lipinski definition) is 2. The van der Waals surface area contributed by atoms with Gasteiger partial charge in [-0.3, -0.25) is 5.41 Å². The average molecular weight is 178 g/mol. The Hall–Kier alpha value is -1.51. The predicted molar refractivity (Wildman–Crippen MR) is 53.3 cm³/mol. The summed E-state index contributed by atoms with van der Waals surface area (Å²) in [6, 6.07) is 5.93. The van der Waals surface area contributed by atoms with E-state index in [2.05, 4.69) is 0 Å². The van der Waals surface area contributed by atoms with Gasteiger partial charge < -0.3 is 10.5 Å². The molecule has 1 aromatic rings. The SMILES string of the molecule is Cc1cccc(C)c1OCC(=N)N. The first-order valence-electron chi connectivity index (χ1n) is 4.13. The summed E-state index contributed by atoms with van der Waals surface area (Å²) in [6.07, 6.45) is 0. The van der Waals surface area contributed by atoms with Gasteiger partial charge in [0.1, 0.15) is 18.2 Å². The van der Waals surface area contributed by atoms with E-state index >= 15 is 0 Å². The molecule has 1 aromatic carbocycles. The lowest BCUT2D eigenvalue weighted by Crippen LogP contribution is -2.19. The molecule has 0 heterocycles. The fourth-order valence-corrected chi connectivity index (χ4v) is 1.18. The molecule has 3 N–H and O–H groups in total. The van der Waals surface area contributed by atoms with Gasteiger partial charge in [-0.25, -0.2) is 0 Å². The smallest absolute Gasteiger partial charge is 0.145 e. The summed E-state index contributed by atoms with van der Waals surface area (Å²) in [6.45, 7) is 4.11. The first-order valence-corrected chi connectivity index (χ1v) is 4.13. The lowest BCUT2D eigenvalue weighted by Gasteiger charge is -2.10. The number of benzene rings is 1. The van der Waals surface area contributed by atoms with E-state index in [0.29, 0.717) is 0 Å². The molecular formula is C10H14N2O. The summed E-state index contributed by atoms with van der Waals surface area (Å²) < 4.78 is 5.38. The molecule has 0 aliphatic carbocycles. The minimum Gasteiger partial charge on any atom is -0.485 e. The second kappa shape index (κ2) is 3.94. The molecule has 0 aliphatic heterocycles. The molecule has 0 saturated carbocycles. The van der Waals surface area contributed by atoms with Crippen molar-refractivity contribution in [3.63, 3.8) is 0 Å². The van der Waals surface area contributed by atoms with Gasteiger partial charge in [0, 0.05) is 0 Å². The Kier molecular flexibility index (Phi) is 2.90. The maximum atomic E-state index is 7.04. The summed E-state index contributed by atoms with van der Waals surface area (Å²) in [5.74, 6) is 0.875. The van der Waals surface area contributed by atoms with E-state index in [-0.39, 0.29) is 12.4 Å². The van der Waals surface area contributed by atoms with Crippen molar-refractivity contribution in [3.05, 3.63) is 29.3 Å². The Balaban J connectivity index is 2.81. The molecule has 3 nitrogen and oxygen atoms in total. The van der Waals surface area contributed by atoms with E-state index < -0.39 is 0 Å². The number of rotatable bonds is 3. The van der Waals surface area contributed by atoms with Crippen LogP contribution >= 0.6 is 0 Å². The molecule has 0 saturated heterocycles. The second-order valence-electron chi connectivity index (χ2n) is 3.03. The van der Waals surface area contributed by atoms with Gasteiger partial charge in [-0.15, -0.1) is 0 Å². The Labute approximate surface area is 78.0 Å². The molecule has 0 aromatic heterocycles. The quantitative estimate of drug-likeness (QED) is 0.545. The van der Waals surface area contributed by atoms with E-state index in [1.807, 2.05) is 32.0 Å². The minimum atomic E-state index is 0.0441. The van der Waals surface area contributed by atoms with Crippen LogP contribution in [0.1, 0.15) is 11.1 Å². The first-order chi connectivity index (χ1) is 6.11. The van der Waals surface area contributed by atoms with Crippen LogP contribution in [0.2, 0.25) is 0 Å². The normalized spacial score (nSPS) is 9.69. The van der Waals surface area contributed by atoms with Crippen LogP contribution < -0.4 is 10.5 Å². The van der Waals surface area contributed by atoms with E-state index in [4.69, 9.17) is 15.9 Å². The third kappa shape index (κ3) is 2.47. The molecule has 0 spiro atoms. The van der Waals surface area contributed by atoms with Gasteiger partial charge in [0.15, 0.2) is 0 Å². The van der Waals surface area contributed by atoms with Crippen LogP contribution in [0.3, 0.4) is 0 Å². The number of aryl methyl sites for hydroxylation is 2. The highest BCUT2D eigenvalue weighted by Gasteiger charge is 2.02. The fraction of sp³-hybridized carbons (Fsp3) is 0.300. The van der Waals surface area contributed by atoms with Crippen molar-refractivity contribution in [1.82, 2.24) is 0 Å². The largest absolute Gasteiger partial charge is 0.485 e. The van der Waals surface area contributed by atoms with Crippen molar-refractivity contribution < 1.29 is 4.74 Å². The molecule has 3 heteroatoms. The summed E-state index contributed by atoms with van der Waals surface area (Å²) in [7, 11) is 0. The fourth-order valence-electron chi connectivity index (χ4n) is 1.18. The predicted octanol–water partition coefficient (Wildman–Crippen LogP) is 1.62. The first kappa shape index (κ1) is 9.58. The monoisotopic (exact) mass is 178 g/mol. The van der Waals surface area contributed by atoms with Crippen molar-refractivity contribution in [2.45, 2.75) is 13.8 Å². The summed E-state index contributed by atoms with van der Waals surface area (Å²) in [5.41, 5.74) is 7.34. The molecule has 0 bridgehead atoms. The van der Waals surface area contributed by atoms with Crippen LogP contribution in [0.5, 0.6) is 5.75 Å². The Morgan fingerprint density at radius 3 is 2.38 bits per heavy atom. The lowest BCUT2D eigenvalue weighted by molar-refractivity contribution is 0.369. The van der Waals surface area contributed by atoms with E-state index in [1.54, 1.807) is 0 Å². The van der Waals surface area contributed by atoms with Crippen molar-refractivity contribution >= 4 is 5.84 Å². The van der Waals surface area contributed by atoms with Crippen LogP contribution in [-0.4, -0.2) is 12.4 Å². The van der Waals surface area contributed by atoms with E-state index in [9.17, 15) is 0 Å². The summed E-state index contributed by atoms with van der Waals surface area (Å²) in [4.78, 5) is 0. The van der Waals surface area contributed by atoms with Crippen molar-refractivity contribution in [2.75, 3.05) is 6.61 Å². The van der Waals surface area contributed by atoms with Crippen LogP contribution in [0, 0.1) is 19.3 Å². The number of ether oxygens (including phenoxy) is 1. The van der Waals surface area contributed by atoms with Gasteiger partial charge in [0.25, 0.3) is 0 Å². The zero-order chi connectivity index (χ0) is 9.84. The maximum absolute atomic E-state index is 7.04. The molecule has 0 atom stereocenters. The third-order valence-corrected chi connectivity index (χ3v) is 1.78. The van der Waals surface area contributed by atoms with Gasteiger partial charge in [-0.1, -0.05) is 18.2 Å². The van der Waals surface area contributed by atoms with Crippen molar-refractivity contribution in [3.8, 4) is 5.75 Å². The highest BCUT2D eigenvalue weighted by Crippen LogP contribution is 2.21. The molecular weight excluding hydrogens is 164 g/mol. The Morgan fingerprint density at radius 1 is 1.38 bits per heavy atom. The Bertz CT molecular complexity index is 300. The minimum absolute atomic E-state index is 0.0441. The number of hydrogen-bond acceptors (Lipinski definition) is 2. The van der Waals surface area contributed by atoms with Crippen LogP contribution in [0.15, 0.2) is 18.2 Å². The van der Waals surface area contributed by atoms with Gasteiger partial charge in [-0.05, 0) is 25.0 Å². The van der Waals surface area contributed by atoms with Gasteiger partial charge in [0.2, 0.25) is 0 Å². The average Bonchev–Trinajstić information content (AvgIpc) is 2.03. The van der Waals surface area contributed by atoms with Gasteiger partial charge >= 0.3 is 0 Å². The molecule has 1 rings (SSSR count). The van der Waals surface area contributed by atoms with Crippen LogP contribution in [0.4, 0.5) is 0 Å².